The van der Waals surface area contributed by atoms with E-state index in [1.807, 2.05) is 12.1 Å². The molecule has 0 aliphatic carbocycles. The number of pyridine rings is 1. The van der Waals surface area contributed by atoms with Crippen LogP contribution in [0.5, 0.6) is 0 Å². The number of nitrogens with one attached hydrogen (secondary N) is 1. The second-order valence-electron chi connectivity index (χ2n) is 3.56. The van der Waals surface area contributed by atoms with Gasteiger partial charge in [0.1, 0.15) is 17.5 Å². The van der Waals surface area contributed by atoms with Gasteiger partial charge < -0.3 is 4.52 Å². The third kappa shape index (κ3) is 2.11. The summed E-state index contributed by atoms with van der Waals surface area (Å²) in [7, 11) is 0. The van der Waals surface area contributed by atoms with Gasteiger partial charge in [0.05, 0.1) is 11.8 Å². The predicted molar refractivity (Wildman–Crippen MR) is 67.5 cm³/mol. The van der Waals surface area contributed by atoms with Crippen LogP contribution >= 0.6 is 15.9 Å². The Morgan fingerprint density at radius 2 is 2.21 bits per heavy atom. The number of H-pyrrole nitrogens is 1. The molecular formula is C11H5BrN6O. The minimum absolute atomic E-state index is 0.227. The van der Waals surface area contributed by atoms with Crippen LogP contribution in [-0.4, -0.2) is 25.3 Å². The van der Waals surface area contributed by atoms with Gasteiger partial charge >= 0.3 is 0 Å². The fraction of sp³-hybridized carbons (Fsp3) is 0. The molecule has 0 unspecified atom stereocenters. The van der Waals surface area contributed by atoms with Gasteiger partial charge in [0.2, 0.25) is 5.82 Å². The molecule has 0 aliphatic heterocycles. The normalized spacial score (nSPS) is 10.3. The SMILES string of the molecule is N#Cc1[nH]ncc1-c1nc(-c2ccc(Br)cn2)no1. The maximum absolute atomic E-state index is 8.89. The van der Waals surface area contributed by atoms with E-state index >= 15 is 0 Å². The van der Waals surface area contributed by atoms with E-state index in [0.717, 1.165) is 4.47 Å². The number of hydrogen-bond acceptors (Lipinski definition) is 6. The lowest BCUT2D eigenvalue weighted by Crippen LogP contribution is -1.85. The molecule has 0 saturated carbocycles. The predicted octanol–water partition coefficient (Wildman–Crippen LogP) is 2.16. The van der Waals surface area contributed by atoms with E-state index in [0.29, 0.717) is 17.1 Å². The number of nitriles is 1. The Kier molecular flexibility index (Phi) is 2.81. The lowest BCUT2D eigenvalue weighted by atomic mass is 10.2. The van der Waals surface area contributed by atoms with Crippen molar-refractivity contribution in [1.29, 1.82) is 5.26 Å². The maximum Gasteiger partial charge on any atom is 0.262 e. The van der Waals surface area contributed by atoms with Crippen LogP contribution in [0.4, 0.5) is 0 Å². The molecule has 3 aromatic rings. The molecule has 0 atom stereocenters. The van der Waals surface area contributed by atoms with Gasteiger partial charge in [-0.1, -0.05) is 5.16 Å². The molecule has 3 rings (SSSR count). The summed E-state index contributed by atoms with van der Waals surface area (Å²) in [5.74, 6) is 0.581. The van der Waals surface area contributed by atoms with Crippen LogP contribution < -0.4 is 0 Å². The largest absolute Gasteiger partial charge is 0.333 e. The molecule has 1 N–H and O–H groups in total. The standard InChI is InChI=1S/C11H5BrN6O/c12-6-1-2-8(14-4-6)10-16-11(19-18-10)7-5-15-17-9(7)3-13/h1-2,4-5H,(H,15,17). The van der Waals surface area contributed by atoms with Crippen LogP contribution in [0.3, 0.4) is 0 Å². The van der Waals surface area contributed by atoms with Gasteiger partial charge in [-0.3, -0.25) is 10.1 Å². The van der Waals surface area contributed by atoms with Crippen molar-refractivity contribution in [2.24, 2.45) is 0 Å². The van der Waals surface area contributed by atoms with E-state index < -0.39 is 0 Å². The fourth-order valence-corrected chi connectivity index (χ4v) is 1.71. The zero-order chi connectivity index (χ0) is 13.2. The van der Waals surface area contributed by atoms with Gasteiger partial charge in [0.15, 0.2) is 0 Å². The van der Waals surface area contributed by atoms with Gasteiger partial charge in [-0.05, 0) is 28.1 Å². The molecule has 0 fully saturated rings. The summed E-state index contributed by atoms with van der Waals surface area (Å²) in [5, 5.41) is 19.0. The van der Waals surface area contributed by atoms with Crippen LogP contribution in [0.2, 0.25) is 0 Å². The van der Waals surface area contributed by atoms with Crippen molar-refractivity contribution >= 4 is 15.9 Å². The summed E-state index contributed by atoms with van der Waals surface area (Å²) in [5.41, 5.74) is 1.33. The van der Waals surface area contributed by atoms with E-state index in [2.05, 4.69) is 41.3 Å². The first-order chi connectivity index (χ1) is 9.28. The van der Waals surface area contributed by atoms with Crippen LogP contribution in [-0.2, 0) is 0 Å². The second-order valence-corrected chi connectivity index (χ2v) is 4.47. The smallest absolute Gasteiger partial charge is 0.262 e. The van der Waals surface area contributed by atoms with Gasteiger partial charge in [0, 0.05) is 10.7 Å². The van der Waals surface area contributed by atoms with E-state index in [-0.39, 0.29) is 11.6 Å². The van der Waals surface area contributed by atoms with Crippen molar-refractivity contribution in [2.75, 3.05) is 0 Å². The Morgan fingerprint density at radius 1 is 1.32 bits per heavy atom. The summed E-state index contributed by atoms with van der Waals surface area (Å²) < 4.78 is 5.97. The second kappa shape index (κ2) is 4.62. The Balaban J connectivity index is 2.00. The van der Waals surface area contributed by atoms with E-state index in [4.69, 9.17) is 9.78 Å². The molecule has 0 bridgehead atoms. The van der Waals surface area contributed by atoms with Crippen molar-refractivity contribution in [3.8, 4) is 29.0 Å². The number of nitrogens with zero attached hydrogens (tertiary/aromatic N) is 5. The van der Waals surface area contributed by atoms with E-state index in [1.54, 1.807) is 12.3 Å². The summed E-state index contributed by atoms with van der Waals surface area (Å²) in [6.07, 6.45) is 3.11. The minimum Gasteiger partial charge on any atom is -0.333 e. The highest BCUT2D eigenvalue weighted by Crippen LogP contribution is 2.23. The summed E-state index contributed by atoms with van der Waals surface area (Å²) >= 11 is 3.30. The summed E-state index contributed by atoms with van der Waals surface area (Å²) in [6, 6.07) is 5.56. The van der Waals surface area contributed by atoms with Gasteiger partial charge in [-0.2, -0.15) is 15.3 Å². The van der Waals surface area contributed by atoms with Gasteiger partial charge in [-0.25, -0.2) is 0 Å². The Hall–Kier alpha value is -2.53. The van der Waals surface area contributed by atoms with Crippen molar-refractivity contribution in [2.45, 2.75) is 0 Å². The summed E-state index contributed by atoms with van der Waals surface area (Å²) in [6.45, 7) is 0. The number of aromatic nitrogens is 5. The minimum atomic E-state index is 0.227. The zero-order valence-electron chi connectivity index (χ0n) is 9.33. The van der Waals surface area contributed by atoms with Crippen LogP contribution in [0, 0.1) is 11.3 Å². The van der Waals surface area contributed by atoms with Crippen LogP contribution in [0.25, 0.3) is 23.0 Å². The van der Waals surface area contributed by atoms with Crippen LogP contribution in [0.1, 0.15) is 5.69 Å². The first kappa shape index (κ1) is 11.6. The molecule has 0 amide bonds. The highest BCUT2D eigenvalue weighted by Gasteiger charge is 2.16. The average molecular weight is 317 g/mol. The first-order valence-corrected chi connectivity index (χ1v) is 5.96. The van der Waals surface area contributed by atoms with E-state index in [1.165, 1.54) is 6.20 Å². The van der Waals surface area contributed by atoms with Gasteiger partial charge in [-0.15, -0.1) is 0 Å². The maximum atomic E-state index is 8.89. The van der Waals surface area contributed by atoms with Crippen molar-refractivity contribution < 1.29 is 4.52 Å². The first-order valence-electron chi connectivity index (χ1n) is 5.17. The fourth-order valence-electron chi connectivity index (χ4n) is 1.48. The topological polar surface area (TPSA) is 104 Å². The summed E-state index contributed by atoms with van der Waals surface area (Å²) in [4.78, 5) is 8.36. The molecule has 0 aromatic carbocycles. The molecule has 8 heteroatoms. The highest BCUT2D eigenvalue weighted by molar-refractivity contribution is 9.10. The number of halogens is 1. The van der Waals surface area contributed by atoms with Crippen molar-refractivity contribution in [3.05, 3.63) is 34.7 Å². The number of aromatic amines is 1. The molecule has 92 valence electrons. The average Bonchev–Trinajstić information content (AvgIpc) is 3.07. The molecule has 0 saturated heterocycles. The molecule has 0 spiro atoms. The molecule has 19 heavy (non-hydrogen) atoms. The quantitative estimate of drug-likeness (QED) is 0.776. The van der Waals surface area contributed by atoms with Gasteiger partial charge in [0.25, 0.3) is 5.89 Å². The monoisotopic (exact) mass is 316 g/mol. The molecule has 3 heterocycles. The van der Waals surface area contributed by atoms with Crippen molar-refractivity contribution in [1.82, 2.24) is 25.3 Å². The zero-order valence-corrected chi connectivity index (χ0v) is 10.9. The van der Waals surface area contributed by atoms with Crippen LogP contribution in [0.15, 0.2) is 33.5 Å². The lowest BCUT2D eigenvalue weighted by molar-refractivity contribution is 0.432. The number of rotatable bonds is 2. The Morgan fingerprint density at radius 3 is 2.95 bits per heavy atom. The third-order valence-corrected chi connectivity index (χ3v) is 2.83. The molecule has 0 radical (unpaired) electrons. The highest BCUT2D eigenvalue weighted by atomic mass is 79.9. The number of hydrogen-bond donors (Lipinski definition) is 1. The molecule has 7 nitrogen and oxygen atoms in total. The molecule has 3 aromatic heterocycles. The molecular weight excluding hydrogens is 312 g/mol. The van der Waals surface area contributed by atoms with E-state index in [9.17, 15) is 0 Å². The van der Waals surface area contributed by atoms with Crippen molar-refractivity contribution in [3.63, 3.8) is 0 Å². The lowest BCUT2D eigenvalue weighted by Gasteiger charge is -1.92. The Bertz CT molecular complexity index is 754. The third-order valence-electron chi connectivity index (χ3n) is 2.36. The molecule has 0 aliphatic rings. The Labute approximate surface area is 115 Å².